The van der Waals surface area contributed by atoms with Crippen molar-refractivity contribution >= 4 is 52.9 Å². The molecule has 0 atom stereocenters. The molecule has 0 spiro atoms. The van der Waals surface area contributed by atoms with Gasteiger partial charge in [0.2, 0.25) is 5.91 Å². The normalized spacial score (nSPS) is 15.6. The molecule has 120 valence electrons. The Balaban J connectivity index is 0.00000220. The van der Waals surface area contributed by atoms with E-state index in [9.17, 15) is 4.79 Å². The number of halogens is 3. The lowest BCUT2D eigenvalue weighted by Gasteiger charge is -2.31. The van der Waals surface area contributed by atoms with E-state index in [1.807, 2.05) is 18.0 Å². The molecule has 1 aromatic rings. The molecule has 1 saturated heterocycles. The van der Waals surface area contributed by atoms with Gasteiger partial charge in [-0.05, 0) is 50.4 Å². The van der Waals surface area contributed by atoms with Crippen molar-refractivity contribution in [3.05, 3.63) is 20.3 Å². The Morgan fingerprint density at radius 2 is 2.10 bits per heavy atom. The summed E-state index contributed by atoms with van der Waals surface area (Å²) in [4.78, 5) is 14.1. The van der Waals surface area contributed by atoms with Crippen LogP contribution < -0.4 is 5.32 Å². The van der Waals surface area contributed by atoms with Gasteiger partial charge in [0.25, 0.3) is 0 Å². The predicted octanol–water partition coefficient (Wildman–Crippen LogP) is 4.01. The molecule has 0 aliphatic carbocycles. The van der Waals surface area contributed by atoms with Crippen molar-refractivity contribution in [1.29, 1.82) is 0 Å². The summed E-state index contributed by atoms with van der Waals surface area (Å²) < 4.78 is 1.46. The third-order valence-electron chi connectivity index (χ3n) is 3.81. The number of amides is 1. The summed E-state index contributed by atoms with van der Waals surface area (Å²) in [5.74, 6) is 0.231. The van der Waals surface area contributed by atoms with Gasteiger partial charge < -0.3 is 10.2 Å². The molecule has 1 amide bonds. The van der Waals surface area contributed by atoms with Crippen molar-refractivity contribution in [3.63, 3.8) is 0 Å². The Labute approximate surface area is 146 Å². The van der Waals surface area contributed by atoms with E-state index in [4.69, 9.17) is 23.2 Å². The number of carbonyl (C=O) groups excluding carboxylic acids is 1. The molecule has 2 heterocycles. The summed E-state index contributed by atoms with van der Waals surface area (Å²) in [6.45, 7) is 2.01. The smallest absolute Gasteiger partial charge is 0.222 e. The Morgan fingerprint density at radius 3 is 2.67 bits per heavy atom. The van der Waals surface area contributed by atoms with Gasteiger partial charge in [0.05, 0.1) is 8.67 Å². The maximum absolute atomic E-state index is 12.2. The lowest BCUT2D eigenvalue weighted by molar-refractivity contribution is -0.132. The van der Waals surface area contributed by atoms with Gasteiger partial charge in [0.1, 0.15) is 0 Å². The summed E-state index contributed by atoms with van der Waals surface area (Å²) in [6.07, 6.45) is 4.31. The van der Waals surface area contributed by atoms with Crippen LogP contribution in [0, 0.1) is 0 Å². The Bertz CT molecular complexity index is 461. The van der Waals surface area contributed by atoms with Crippen molar-refractivity contribution in [2.24, 2.45) is 0 Å². The molecule has 0 unspecified atom stereocenters. The van der Waals surface area contributed by atoms with Crippen LogP contribution in [0.15, 0.2) is 6.07 Å². The number of thiophene rings is 1. The van der Waals surface area contributed by atoms with Crippen LogP contribution >= 0.6 is 46.9 Å². The molecule has 1 aliphatic rings. The van der Waals surface area contributed by atoms with E-state index < -0.39 is 0 Å². The van der Waals surface area contributed by atoms with Crippen LogP contribution in [0.5, 0.6) is 0 Å². The van der Waals surface area contributed by atoms with Crippen LogP contribution in [-0.2, 0) is 11.2 Å². The van der Waals surface area contributed by atoms with E-state index in [1.165, 1.54) is 11.3 Å². The second-order valence-electron chi connectivity index (χ2n) is 5.19. The topological polar surface area (TPSA) is 32.3 Å². The average Bonchev–Trinajstić information content (AvgIpc) is 2.77. The molecule has 0 saturated carbocycles. The second kappa shape index (κ2) is 9.21. The number of aryl methyl sites for hydroxylation is 1. The molecule has 0 radical (unpaired) electrons. The van der Waals surface area contributed by atoms with Gasteiger partial charge in [0.15, 0.2) is 0 Å². The molecular weight excluding hydrogens is 351 g/mol. The largest absolute Gasteiger partial charge is 0.343 e. The van der Waals surface area contributed by atoms with E-state index in [1.54, 1.807) is 0 Å². The van der Waals surface area contributed by atoms with E-state index >= 15 is 0 Å². The van der Waals surface area contributed by atoms with Gasteiger partial charge in [-0.2, -0.15) is 0 Å². The van der Waals surface area contributed by atoms with Gasteiger partial charge in [-0.3, -0.25) is 4.79 Å². The Kier molecular flexibility index (Phi) is 8.35. The molecular formula is C14H21Cl3N2OS. The Morgan fingerprint density at radius 1 is 1.43 bits per heavy atom. The van der Waals surface area contributed by atoms with Crippen molar-refractivity contribution < 1.29 is 4.79 Å². The fourth-order valence-electron chi connectivity index (χ4n) is 2.55. The minimum absolute atomic E-state index is 0. The molecule has 7 heteroatoms. The average molecular weight is 372 g/mol. The molecule has 1 aromatic heterocycles. The minimum Gasteiger partial charge on any atom is -0.343 e. The van der Waals surface area contributed by atoms with Crippen LogP contribution in [-0.4, -0.2) is 37.0 Å². The summed E-state index contributed by atoms with van der Waals surface area (Å²) in [7, 11) is 1.92. The van der Waals surface area contributed by atoms with Gasteiger partial charge in [0, 0.05) is 19.5 Å². The van der Waals surface area contributed by atoms with Crippen molar-refractivity contribution in [2.75, 3.05) is 20.1 Å². The highest BCUT2D eigenvalue weighted by molar-refractivity contribution is 7.20. The molecule has 0 bridgehead atoms. The van der Waals surface area contributed by atoms with Crippen molar-refractivity contribution in [1.82, 2.24) is 10.2 Å². The van der Waals surface area contributed by atoms with E-state index in [0.717, 1.165) is 48.7 Å². The fraction of sp³-hybridized carbons (Fsp3) is 0.643. The summed E-state index contributed by atoms with van der Waals surface area (Å²) in [5, 5.41) is 3.32. The monoisotopic (exact) mass is 370 g/mol. The van der Waals surface area contributed by atoms with Crippen LogP contribution in [0.25, 0.3) is 0 Å². The van der Waals surface area contributed by atoms with Gasteiger partial charge >= 0.3 is 0 Å². The van der Waals surface area contributed by atoms with E-state index in [0.29, 0.717) is 16.8 Å². The fourth-order valence-corrected chi connectivity index (χ4v) is 4.09. The van der Waals surface area contributed by atoms with Gasteiger partial charge in [-0.1, -0.05) is 23.2 Å². The first kappa shape index (κ1) is 19.0. The van der Waals surface area contributed by atoms with Crippen molar-refractivity contribution in [3.8, 4) is 0 Å². The number of rotatable bonds is 5. The van der Waals surface area contributed by atoms with Gasteiger partial charge in [-0.15, -0.1) is 23.7 Å². The highest BCUT2D eigenvalue weighted by Crippen LogP contribution is 2.32. The molecule has 0 aromatic carbocycles. The van der Waals surface area contributed by atoms with E-state index in [2.05, 4.69) is 5.32 Å². The molecule has 1 fully saturated rings. The van der Waals surface area contributed by atoms with E-state index in [-0.39, 0.29) is 18.3 Å². The van der Waals surface area contributed by atoms with Crippen LogP contribution in [0.2, 0.25) is 8.67 Å². The maximum Gasteiger partial charge on any atom is 0.222 e. The lowest BCUT2D eigenvalue weighted by atomic mass is 10.0. The minimum atomic E-state index is 0. The predicted molar refractivity (Wildman–Crippen MR) is 93.2 cm³/mol. The first-order valence-electron chi connectivity index (χ1n) is 6.98. The van der Waals surface area contributed by atoms with Crippen LogP contribution in [0.3, 0.4) is 0 Å². The second-order valence-corrected chi connectivity index (χ2v) is 7.47. The highest BCUT2D eigenvalue weighted by Gasteiger charge is 2.21. The summed E-state index contributed by atoms with van der Waals surface area (Å²) in [6, 6.07) is 2.29. The third kappa shape index (κ3) is 5.61. The maximum atomic E-state index is 12.2. The zero-order valence-corrected chi connectivity index (χ0v) is 15.2. The molecule has 3 nitrogen and oxygen atoms in total. The highest BCUT2D eigenvalue weighted by atomic mass is 35.5. The number of carbonyl (C=O) groups is 1. The van der Waals surface area contributed by atoms with Crippen LogP contribution in [0.4, 0.5) is 0 Å². The molecule has 1 N–H and O–H groups in total. The lowest BCUT2D eigenvalue weighted by Crippen LogP contribution is -2.43. The number of hydrogen-bond acceptors (Lipinski definition) is 3. The standard InChI is InChI=1S/C14H20Cl2N2OS.ClH/c1-18(11-5-7-17-8-6-11)13(19)4-2-3-10-9-12(15)20-14(10)16;/h9,11,17H,2-8H2,1H3;1H. The SMILES string of the molecule is CN(C(=O)CCCc1cc(Cl)sc1Cl)C1CCNCC1.Cl. The summed E-state index contributed by atoms with van der Waals surface area (Å²) >= 11 is 13.4. The number of hydrogen-bond donors (Lipinski definition) is 1. The molecule has 1 aliphatic heterocycles. The zero-order valence-electron chi connectivity index (χ0n) is 12.0. The molecule has 21 heavy (non-hydrogen) atoms. The quantitative estimate of drug-likeness (QED) is 0.848. The summed E-state index contributed by atoms with van der Waals surface area (Å²) in [5.41, 5.74) is 1.05. The third-order valence-corrected chi connectivity index (χ3v) is 5.38. The number of nitrogens with zero attached hydrogens (tertiary/aromatic N) is 1. The number of piperidine rings is 1. The number of nitrogens with one attached hydrogen (secondary N) is 1. The van der Waals surface area contributed by atoms with Crippen molar-refractivity contribution in [2.45, 2.75) is 38.1 Å². The van der Waals surface area contributed by atoms with Gasteiger partial charge in [-0.25, -0.2) is 0 Å². The van der Waals surface area contributed by atoms with Crippen LogP contribution in [0.1, 0.15) is 31.2 Å². The first-order chi connectivity index (χ1) is 9.58. The zero-order chi connectivity index (χ0) is 14.5. The Hall–Kier alpha value is -0.000000000000000167. The first-order valence-corrected chi connectivity index (χ1v) is 8.55. The molecule has 2 rings (SSSR count).